The molecule has 0 amide bonds. The van der Waals surface area contributed by atoms with Gasteiger partial charge in [0.1, 0.15) is 5.75 Å². The van der Waals surface area contributed by atoms with Crippen molar-refractivity contribution in [3.8, 4) is 5.75 Å². The monoisotopic (exact) mass is 319 g/mol. The molecule has 0 atom stereocenters. The number of nitrogens with zero attached hydrogens (tertiary/aromatic N) is 1. The van der Waals surface area contributed by atoms with Crippen molar-refractivity contribution in [2.24, 2.45) is 0 Å². The Morgan fingerprint density at radius 1 is 1.25 bits per heavy atom. The Balaban J connectivity index is 2.19. The number of allylic oxidation sites excluding steroid dienone is 1. The van der Waals surface area contributed by atoms with Crippen molar-refractivity contribution in [2.75, 3.05) is 0 Å². The number of rotatable bonds is 3. The van der Waals surface area contributed by atoms with Gasteiger partial charge in [-0.2, -0.15) is 0 Å². The Morgan fingerprint density at radius 2 is 2.04 bits per heavy atom. The number of aryl methyl sites for hydroxylation is 2. The third-order valence-corrected chi connectivity index (χ3v) is 5.14. The van der Waals surface area contributed by atoms with E-state index in [1.54, 1.807) is 6.07 Å². The van der Waals surface area contributed by atoms with Gasteiger partial charge in [-0.05, 0) is 55.0 Å². The fourth-order valence-electron chi connectivity index (χ4n) is 4.04. The van der Waals surface area contributed by atoms with Gasteiger partial charge >= 0.3 is 0 Å². The summed E-state index contributed by atoms with van der Waals surface area (Å²) in [5, 5.41) is 12.6. The number of aromatic hydroxyl groups is 1. The molecule has 0 radical (unpaired) electrons. The largest absolute Gasteiger partial charge is 0.507 e. The number of benzene rings is 2. The zero-order valence-corrected chi connectivity index (χ0v) is 14.1. The van der Waals surface area contributed by atoms with Gasteiger partial charge in [0.2, 0.25) is 0 Å². The van der Waals surface area contributed by atoms with E-state index < -0.39 is 0 Å². The van der Waals surface area contributed by atoms with E-state index in [1.807, 2.05) is 6.07 Å². The summed E-state index contributed by atoms with van der Waals surface area (Å²) in [6.07, 6.45) is 3.00. The van der Waals surface area contributed by atoms with Crippen LogP contribution in [-0.4, -0.2) is 15.5 Å². The van der Waals surface area contributed by atoms with Crippen LogP contribution in [0.2, 0.25) is 0 Å². The summed E-state index contributed by atoms with van der Waals surface area (Å²) < 4.78 is 2.26. The van der Waals surface area contributed by atoms with Crippen LogP contribution >= 0.6 is 0 Å². The molecule has 0 spiro atoms. The first-order valence-electron chi connectivity index (χ1n) is 8.52. The van der Waals surface area contributed by atoms with Crippen LogP contribution in [0.15, 0.2) is 30.8 Å². The molecule has 0 saturated heterocycles. The molecule has 3 heteroatoms. The predicted molar refractivity (Wildman–Crippen MR) is 98.8 cm³/mol. The third-order valence-electron chi connectivity index (χ3n) is 5.14. The molecule has 1 aromatic heterocycles. The molecular formula is C21H21NO2. The number of carbonyl (C=O) groups excluding carboxylic acids is 1. The lowest BCUT2D eigenvalue weighted by molar-refractivity contribution is 0.101. The number of phenolic OH excluding ortho intramolecular Hbond substituents is 1. The minimum atomic E-state index is -0.109. The molecule has 0 aliphatic heterocycles. The lowest BCUT2D eigenvalue weighted by Crippen LogP contribution is -1.97. The molecule has 1 aliphatic rings. The quantitative estimate of drug-likeness (QED) is 0.685. The Kier molecular flexibility index (Phi) is 3.27. The lowest BCUT2D eigenvalue weighted by atomic mass is 10.00. The molecule has 24 heavy (non-hydrogen) atoms. The predicted octanol–water partition coefficient (Wildman–Crippen LogP) is 5.07. The van der Waals surface area contributed by atoms with Crippen LogP contribution in [-0.2, 0) is 13.0 Å². The Bertz CT molecular complexity index is 1020. The van der Waals surface area contributed by atoms with Crippen molar-refractivity contribution < 1.29 is 9.90 Å². The molecule has 0 bridgehead atoms. The summed E-state index contributed by atoms with van der Waals surface area (Å²) in [5.74, 6) is -0.0426. The molecule has 122 valence electrons. The summed E-state index contributed by atoms with van der Waals surface area (Å²) >= 11 is 0. The number of aromatic nitrogens is 1. The molecule has 1 heterocycles. The molecule has 3 aromatic rings. The Morgan fingerprint density at radius 3 is 2.75 bits per heavy atom. The molecule has 3 nitrogen and oxygen atoms in total. The van der Waals surface area contributed by atoms with Crippen LogP contribution in [0.3, 0.4) is 0 Å². The summed E-state index contributed by atoms with van der Waals surface area (Å²) in [4.78, 5) is 11.9. The number of hydrogen-bond acceptors (Lipinski definition) is 2. The molecule has 0 unspecified atom stereocenters. The first-order chi connectivity index (χ1) is 11.5. The zero-order valence-electron chi connectivity index (χ0n) is 14.1. The third kappa shape index (κ3) is 1.94. The molecule has 1 N–H and O–H groups in total. The summed E-state index contributed by atoms with van der Waals surface area (Å²) in [6.45, 7) is 8.72. The van der Waals surface area contributed by atoms with E-state index >= 15 is 0 Å². The molecular weight excluding hydrogens is 298 g/mol. The Hall–Kier alpha value is -2.55. The van der Waals surface area contributed by atoms with Gasteiger partial charge in [0.25, 0.3) is 0 Å². The zero-order chi connectivity index (χ0) is 17.0. The number of carbonyl (C=O) groups is 1. The van der Waals surface area contributed by atoms with E-state index in [-0.39, 0.29) is 11.5 Å². The fourth-order valence-corrected chi connectivity index (χ4v) is 4.04. The molecule has 0 fully saturated rings. The van der Waals surface area contributed by atoms with Crippen LogP contribution in [0.4, 0.5) is 0 Å². The van der Waals surface area contributed by atoms with Gasteiger partial charge in [-0.3, -0.25) is 4.79 Å². The van der Waals surface area contributed by atoms with Crippen LogP contribution in [0, 0.1) is 0 Å². The average molecular weight is 319 g/mol. The standard InChI is InChI=1S/C21H21NO2/c1-4-9-22-18-8-7-14-12(2)5-6-15(14)21(18)17-10-16(13(3)23)20(24)11-19(17)22/h7-8,10-11,24H,2,4-6,9H2,1,3H3. The summed E-state index contributed by atoms with van der Waals surface area (Å²) in [7, 11) is 0. The number of fused-ring (bicyclic) bond motifs is 5. The van der Waals surface area contributed by atoms with E-state index in [9.17, 15) is 9.90 Å². The second-order valence-electron chi connectivity index (χ2n) is 6.68. The van der Waals surface area contributed by atoms with Crippen molar-refractivity contribution in [3.63, 3.8) is 0 Å². The highest BCUT2D eigenvalue weighted by Gasteiger charge is 2.23. The van der Waals surface area contributed by atoms with Crippen molar-refractivity contribution >= 4 is 33.2 Å². The van der Waals surface area contributed by atoms with Gasteiger partial charge in [-0.15, -0.1) is 0 Å². The van der Waals surface area contributed by atoms with Gasteiger partial charge in [-0.1, -0.05) is 19.6 Å². The topological polar surface area (TPSA) is 42.2 Å². The van der Waals surface area contributed by atoms with Crippen LogP contribution in [0.25, 0.3) is 27.4 Å². The van der Waals surface area contributed by atoms with E-state index in [1.165, 1.54) is 34.5 Å². The van der Waals surface area contributed by atoms with Gasteiger partial charge in [0.05, 0.1) is 11.1 Å². The highest BCUT2D eigenvalue weighted by molar-refractivity contribution is 6.14. The highest BCUT2D eigenvalue weighted by atomic mass is 16.3. The van der Waals surface area contributed by atoms with E-state index in [2.05, 4.69) is 30.2 Å². The van der Waals surface area contributed by atoms with E-state index in [0.29, 0.717) is 5.56 Å². The van der Waals surface area contributed by atoms with Gasteiger partial charge < -0.3 is 9.67 Å². The second-order valence-corrected chi connectivity index (χ2v) is 6.68. The number of phenols is 1. The van der Waals surface area contributed by atoms with E-state index in [4.69, 9.17) is 0 Å². The molecule has 4 rings (SSSR count). The summed E-state index contributed by atoms with van der Waals surface area (Å²) in [5.41, 5.74) is 6.34. The van der Waals surface area contributed by atoms with Crippen LogP contribution < -0.4 is 0 Å². The number of hydrogen-bond donors (Lipinski definition) is 1. The minimum absolute atomic E-state index is 0.0659. The smallest absolute Gasteiger partial charge is 0.163 e. The number of ketones is 1. The van der Waals surface area contributed by atoms with Crippen molar-refractivity contribution in [1.29, 1.82) is 0 Å². The van der Waals surface area contributed by atoms with E-state index in [0.717, 1.165) is 36.7 Å². The average Bonchev–Trinajstić information content (AvgIpc) is 3.06. The fraction of sp³-hybridized carbons (Fsp3) is 0.286. The van der Waals surface area contributed by atoms with Gasteiger partial charge in [0.15, 0.2) is 5.78 Å². The minimum Gasteiger partial charge on any atom is -0.507 e. The maximum absolute atomic E-state index is 11.9. The van der Waals surface area contributed by atoms with Gasteiger partial charge in [-0.25, -0.2) is 0 Å². The van der Waals surface area contributed by atoms with Crippen molar-refractivity contribution in [3.05, 3.63) is 47.5 Å². The van der Waals surface area contributed by atoms with Crippen LogP contribution in [0.5, 0.6) is 5.75 Å². The molecule has 1 aliphatic carbocycles. The Labute approximate surface area is 141 Å². The summed E-state index contributed by atoms with van der Waals surface area (Å²) in [6, 6.07) is 7.94. The number of Topliss-reactive ketones (excluding diaryl/α,β-unsaturated/α-hetero) is 1. The maximum atomic E-state index is 11.9. The maximum Gasteiger partial charge on any atom is 0.163 e. The SMILES string of the molecule is C=C1CCc2c1ccc1c2c2cc(C(C)=O)c(O)cc2n1CCC. The first kappa shape index (κ1) is 15.0. The lowest BCUT2D eigenvalue weighted by Gasteiger charge is -2.07. The molecule has 2 aromatic carbocycles. The van der Waals surface area contributed by atoms with Crippen molar-refractivity contribution in [1.82, 2.24) is 4.57 Å². The molecule has 0 saturated carbocycles. The van der Waals surface area contributed by atoms with Gasteiger partial charge in [0, 0.05) is 28.9 Å². The highest BCUT2D eigenvalue weighted by Crippen LogP contribution is 2.42. The second kappa shape index (κ2) is 5.23. The normalized spacial score (nSPS) is 13.8. The van der Waals surface area contributed by atoms with Crippen LogP contribution in [0.1, 0.15) is 48.2 Å². The first-order valence-corrected chi connectivity index (χ1v) is 8.52. The van der Waals surface area contributed by atoms with Crippen molar-refractivity contribution in [2.45, 2.75) is 39.7 Å².